The van der Waals surface area contributed by atoms with Gasteiger partial charge in [-0.25, -0.2) is 0 Å². The maximum Gasteiger partial charge on any atom is 0.259 e. The predicted octanol–water partition coefficient (Wildman–Crippen LogP) is 3.07. The summed E-state index contributed by atoms with van der Waals surface area (Å²) in [5, 5.41) is 6.16. The van der Waals surface area contributed by atoms with Crippen molar-refractivity contribution in [1.29, 1.82) is 0 Å². The van der Waals surface area contributed by atoms with Crippen LogP contribution in [0.5, 0.6) is 17.2 Å². The van der Waals surface area contributed by atoms with Gasteiger partial charge in [-0.2, -0.15) is 0 Å². The number of rotatable bonds is 8. The van der Waals surface area contributed by atoms with Crippen LogP contribution in [0, 0.1) is 0 Å². The molecular weight excluding hydrogens is 320 g/mol. The van der Waals surface area contributed by atoms with E-state index in [0.717, 1.165) is 24.3 Å². The molecule has 0 aliphatic rings. The van der Waals surface area contributed by atoms with Gasteiger partial charge < -0.3 is 24.8 Å². The number of carbonyl (C=O) groups excluding carboxylic acids is 1. The minimum absolute atomic E-state index is 0.279. The van der Waals surface area contributed by atoms with Crippen LogP contribution in [-0.4, -0.2) is 33.8 Å². The van der Waals surface area contributed by atoms with Crippen molar-refractivity contribution in [3.63, 3.8) is 0 Å². The first kappa shape index (κ1) is 18.6. The second kappa shape index (κ2) is 8.94. The van der Waals surface area contributed by atoms with E-state index in [0.29, 0.717) is 22.8 Å². The van der Waals surface area contributed by atoms with Crippen molar-refractivity contribution in [3.8, 4) is 17.2 Å². The van der Waals surface area contributed by atoms with Gasteiger partial charge in [0.25, 0.3) is 5.91 Å². The molecule has 0 bridgehead atoms. The molecule has 2 aromatic carbocycles. The van der Waals surface area contributed by atoms with Crippen LogP contribution < -0.4 is 24.8 Å². The fraction of sp³-hybridized carbons (Fsp3) is 0.316. The fourth-order valence-electron chi connectivity index (χ4n) is 2.51. The summed E-state index contributed by atoms with van der Waals surface area (Å²) in [6.45, 7) is 3.69. The molecule has 2 aromatic rings. The van der Waals surface area contributed by atoms with Crippen LogP contribution in [-0.2, 0) is 6.54 Å². The number of anilines is 1. The number of carbonyl (C=O) groups is 1. The summed E-state index contributed by atoms with van der Waals surface area (Å²) >= 11 is 0. The SMILES string of the molecule is CCNCc1cccc(NC(=O)c2ccc(OC)c(OC)c2OC)c1. The lowest BCUT2D eigenvalue weighted by molar-refractivity contribution is 0.102. The zero-order chi connectivity index (χ0) is 18.2. The van der Waals surface area contributed by atoms with Crippen LogP contribution in [0.15, 0.2) is 36.4 Å². The Morgan fingerprint density at radius 1 is 1.00 bits per heavy atom. The third-order valence-corrected chi connectivity index (χ3v) is 3.71. The van der Waals surface area contributed by atoms with E-state index in [4.69, 9.17) is 14.2 Å². The van der Waals surface area contributed by atoms with Gasteiger partial charge in [-0.05, 0) is 36.4 Å². The van der Waals surface area contributed by atoms with E-state index >= 15 is 0 Å². The minimum Gasteiger partial charge on any atom is -0.493 e. The monoisotopic (exact) mass is 344 g/mol. The summed E-state index contributed by atoms with van der Waals surface area (Å²) in [5.41, 5.74) is 2.19. The van der Waals surface area contributed by atoms with Crippen LogP contribution in [0.3, 0.4) is 0 Å². The highest BCUT2D eigenvalue weighted by molar-refractivity contribution is 6.07. The molecule has 2 N–H and O–H groups in total. The molecule has 25 heavy (non-hydrogen) atoms. The molecule has 6 nitrogen and oxygen atoms in total. The average molecular weight is 344 g/mol. The lowest BCUT2D eigenvalue weighted by Crippen LogP contribution is -2.15. The van der Waals surface area contributed by atoms with Crippen molar-refractivity contribution >= 4 is 11.6 Å². The van der Waals surface area contributed by atoms with E-state index in [2.05, 4.69) is 17.6 Å². The van der Waals surface area contributed by atoms with E-state index in [1.807, 2.05) is 24.3 Å². The fourth-order valence-corrected chi connectivity index (χ4v) is 2.51. The first-order chi connectivity index (χ1) is 12.1. The van der Waals surface area contributed by atoms with E-state index in [-0.39, 0.29) is 5.91 Å². The average Bonchev–Trinajstić information content (AvgIpc) is 2.65. The molecule has 0 saturated carbocycles. The zero-order valence-corrected chi connectivity index (χ0v) is 15.0. The smallest absolute Gasteiger partial charge is 0.259 e. The van der Waals surface area contributed by atoms with Gasteiger partial charge in [0.2, 0.25) is 5.75 Å². The molecule has 2 rings (SSSR count). The Kier molecular flexibility index (Phi) is 6.65. The van der Waals surface area contributed by atoms with E-state index in [1.165, 1.54) is 21.3 Å². The third kappa shape index (κ3) is 4.42. The Hall–Kier alpha value is -2.73. The Bertz CT molecular complexity index is 731. The van der Waals surface area contributed by atoms with Crippen molar-refractivity contribution in [1.82, 2.24) is 5.32 Å². The molecule has 0 spiro atoms. The Morgan fingerprint density at radius 2 is 1.76 bits per heavy atom. The van der Waals surface area contributed by atoms with E-state index < -0.39 is 0 Å². The van der Waals surface area contributed by atoms with Crippen molar-refractivity contribution in [2.24, 2.45) is 0 Å². The first-order valence-electron chi connectivity index (χ1n) is 8.04. The van der Waals surface area contributed by atoms with E-state index in [1.54, 1.807) is 12.1 Å². The summed E-state index contributed by atoms with van der Waals surface area (Å²) in [6.07, 6.45) is 0. The zero-order valence-electron chi connectivity index (χ0n) is 15.0. The van der Waals surface area contributed by atoms with Crippen LogP contribution >= 0.6 is 0 Å². The second-order valence-electron chi connectivity index (χ2n) is 5.32. The Labute approximate surface area is 148 Å². The second-order valence-corrected chi connectivity index (χ2v) is 5.32. The maximum absolute atomic E-state index is 12.7. The number of benzene rings is 2. The number of methoxy groups -OCH3 is 3. The summed E-state index contributed by atoms with van der Waals surface area (Å²) < 4.78 is 15.9. The quantitative estimate of drug-likeness (QED) is 0.770. The number of nitrogens with one attached hydrogen (secondary N) is 2. The molecule has 0 atom stereocenters. The molecule has 0 aliphatic carbocycles. The van der Waals surface area contributed by atoms with Crippen LogP contribution in [0.25, 0.3) is 0 Å². The van der Waals surface area contributed by atoms with Gasteiger partial charge >= 0.3 is 0 Å². The number of hydrogen-bond acceptors (Lipinski definition) is 5. The maximum atomic E-state index is 12.7. The normalized spacial score (nSPS) is 10.2. The summed E-state index contributed by atoms with van der Waals surface area (Å²) in [5.74, 6) is 0.948. The van der Waals surface area contributed by atoms with Gasteiger partial charge in [-0.15, -0.1) is 0 Å². The molecule has 6 heteroatoms. The van der Waals surface area contributed by atoms with Gasteiger partial charge in [0.1, 0.15) is 0 Å². The standard InChI is InChI=1S/C19H24N2O4/c1-5-20-12-13-7-6-8-14(11-13)21-19(22)15-9-10-16(23-2)18(25-4)17(15)24-3/h6-11,20H,5,12H2,1-4H3,(H,21,22). The van der Waals surface area contributed by atoms with Crippen LogP contribution in [0.1, 0.15) is 22.8 Å². The topological polar surface area (TPSA) is 68.8 Å². The Morgan fingerprint density at radius 3 is 2.40 bits per heavy atom. The van der Waals surface area contributed by atoms with E-state index in [9.17, 15) is 4.79 Å². The number of ether oxygens (including phenoxy) is 3. The highest BCUT2D eigenvalue weighted by Gasteiger charge is 2.20. The minimum atomic E-state index is -0.279. The molecule has 0 aliphatic heterocycles. The summed E-state index contributed by atoms with van der Waals surface area (Å²) in [6, 6.07) is 11.0. The van der Waals surface area contributed by atoms with Crippen molar-refractivity contribution in [2.45, 2.75) is 13.5 Å². The number of amides is 1. The van der Waals surface area contributed by atoms with Crippen LogP contribution in [0.2, 0.25) is 0 Å². The predicted molar refractivity (Wildman–Crippen MR) is 97.9 cm³/mol. The van der Waals surface area contributed by atoms with Gasteiger partial charge in [-0.1, -0.05) is 19.1 Å². The third-order valence-electron chi connectivity index (χ3n) is 3.71. The highest BCUT2D eigenvalue weighted by Crippen LogP contribution is 2.39. The first-order valence-corrected chi connectivity index (χ1v) is 8.04. The van der Waals surface area contributed by atoms with Crippen molar-refractivity contribution in [3.05, 3.63) is 47.5 Å². The van der Waals surface area contributed by atoms with Gasteiger partial charge in [0.05, 0.1) is 26.9 Å². The number of hydrogen-bond donors (Lipinski definition) is 2. The Balaban J connectivity index is 2.26. The molecule has 0 aromatic heterocycles. The van der Waals surface area contributed by atoms with Crippen molar-refractivity contribution < 1.29 is 19.0 Å². The molecule has 0 fully saturated rings. The van der Waals surface area contributed by atoms with Gasteiger partial charge in [-0.3, -0.25) is 4.79 Å². The summed E-state index contributed by atoms with van der Waals surface area (Å²) in [7, 11) is 4.53. The molecule has 134 valence electrons. The van der Waals surface area contributed by atoms with Crippen molar-refractivity contribution in [2.75, 3.05) is 33.2 Å². The van der Waals surface area contributed by atoms with Gasteiger partial charge in [0, 0.05) is 12.2 Å². The van der Waals surface area contributed by atoms with Crippen LogP contribution in [0.4, 0.5) is 5.69 Å². The largest absolute Gasteiger partial charge is 0.493 e. The lowest BCUT2D eigenvalue weighted by atomic mass is 10.1. The molecule has 1 amide bonds. The molecule has 0 radical (unpaired) electrons. The summed E-state index contributed by atoms with van der Waals surface area (Å²) in [4.78, 5) is 12.7. The molecular formula is C19H24N2O4. The lowest BCUT2D eigenvalue weighted by Gasteiger charge is -2.15. The highest BCUT2D eigenvalue weighted by atomic mass is 16.5. The molecule has 0 heterocycles. The van der Waals surface area contributed by atoms with Gasteiger partial charge in [0.15, 0.2) is 11.5 Å². The molecule has 0 saturated heterocycles. The molecule has 0 unspecified atom stereocenters.